The second-order valence-corrected chi connectivity index (χ2v) is 5.06. The molecule has 110 valence electrons. The van der Waals surface area contributed by atoms with E-state index in [4.69, 9.17) is 5.73 Å². The number of carbonyl (C=O) groups excluding carboxylic acids is 2. The minimum Gasteiger partial charge on any atom is -0.366 e. The number of primary amides is 1. The van der Waals surface area contributed by atoms with E-state index in [1.54, 1.807) is 30.3 Å². The van der Waals surface area contributed by atoms with Gasteiger partial charge in [0.15, 0.2) is 0 Å². The summed E-state index contributed by atoms with van der Waals surface area (Å²) in [6.45, 7) is 0. The lowest BCUT2D eigenvalue weighted by Crippen LogP contribution is -2.13. The molecule has 2 amide bonds. The summed E-state index contributed by atoms with van der Waals surface area (Å²) in [5.41, 5.74) is 7.82. The maximum atomic E-state index is 12.4. The average Bonchev–Trinajstić information content (AvgIpc) is 2.89. The van der Waals surface area contributed by atoms with Crippen molar-refractivity contribution in [1.82, 2.24) is 4.57 Å². The van der Waals surface area contributed by atoms with Crippen molar-refractivity contribution in [3.8, 4) is 0 Å². The summed E-state index contributed by atoms with van der Waals surface area (Å²) in [7, 11) is 1.94. The molecule has 3 N–H and O–H groups in total. The van der Waals surface area contributed by atoms with Crippen LogP contribution in [0.2, 0.25) is 0 Å². The smallest absolute Gasteiger partial charge is 0.256 e. The lowest BCUT2D eigenvalue weighted by Gasteiger charge is -2.07. The van der Waals surface area contributed by atoms with Crippen molar-refractivity contribution in [3.05, 3.63) is 65.9 Å². The monoisotopic (exact) mass is 293 g/mol. The summed E-state index contributed by atoms with van der Waals surface area (Å²) in [4.78, 5) is 23.5. The van der Waals surface area contributed by atoms with Crippen LogP contribution in [0.4, 0.5) is 5.69 Å². The fourth-order valence-corrected chi connectivity index (χ4v) is 2.42. The molecule has 0 aliphatic carbocycles. The van der Waals surface area contributed by atoms with Crippen LogP contribution in [-0.4, -0.2) is 16.4 Å². The minimum absolute atomic E-state index is 0.191. The molecule has 5 nitrogen and oxygen atoms in total. The van der Waals surface area contributed by atoms with Gasteiger partial charge in [0.25, 0.3) is 5.91 Å². The molecule has 0 unspecified atom stereocenters. The first-order chi connectivity index (χ1) is 10.6. The Bertz CT molecular complexity index is 863. The van der Waals surface area contributed by atoms with Crippen molar-refractivity contribution in [2.75, 3.05) is 5.32 Å². The highest BCUT2D eigenvalue weighted by atomic mass is 16.2. The number of rotatable bonds is 3. The number of carbonyl (C=O) groups is 2. The molecule has 0 fully saturated rings. The van der Waals surface area contributed by atoms with Crippen LogP contribution >= 0.6 is 0 Å². The van der Waals surface area contributed by atoms with E-state index in [9.17, 15) is 9.59 Å². The molecule has 1 heterocycles. The second-order valence-electron chi connectivity index (χ2n) is 5.06. The van der Waals surface area contributed by atoms with Gasteiger partial charge in [-0.15, -0.1) is 0 Å². The summed E-state index contributed by atoms with van der Waals surface area (Å²) >= 11 is 0. The van der Waals surface area contributed by atoms with Crippen molar-refractivity contribution >= 4 is 28.4 Å². The van der Waals surface area contributed by atoms with E-state index in [-0.39, 0.29) is 5.91 Å². The maximum Gasteiger partial charge on any atom is 0.256 e. The van der Waals surface area contributed by atoms with Gasteiger partial charge in [-0.1, -0.05) is 6.07 Å². The van der Waals surface area contributed by atoms with Crippen LogP contribution in [0, 0.1) is 0 Å². The zero-order valence-electron chi connectivity index (χ0n) is 12.0. The predicted molar refractivity (Wildman–Crippen MR) is 85.8 cm³/mol. The van der Waals surface area contributed by atoms with E-state index in [0.29, 0.717) is 16.8 Å². The first-order valence-electron chi connectivity index (χ1n) is 6.81. The van der Waals surface area contributed by atoms with Crippen LogP contribution in [-0.2, 0) is 7.05 Å². The zero-order chi connectivity index (χ0) is 15.7. The van der Waals surface area contributed by atoms with E-state index in [1.807, 2.05) is 36.0 Å². The second kappa shape index (κ2) is 5.37. The molecular weight excluding hydrogens is 278 g/mol. The van der Waals surface area contributed by atoms with Crippen molar-refractivity contribution in [1.29, 1.82) is 0 Å². The zero-order valence-corrected chi connectivity index (χ0v) is 12.0. The molecule has 22 heavy (non-hydrogen) atoms. The Morgan fingerprint density at radius 1 is 1.05 bits per heavy atom. The molecule has 1 aromatic heterocycles. The van der Waals surface area contributed by atoms with Crippen molar-refractivity contribution in [2.45, 2.75) is 0 Å². The van der Waals surface area contributed by atoms with Gasteiger partial charge in [-0.3, -0.25) is 9.59 Å². The lowest BCUT2D eigenvalue weighted by atomic mass is 10.1. The molecule has 2 aromatic carbocycles. The number of nitrogens with zero attached hydrogens (tertiary/aromatic N) is 1. The predicted octanol–water partition coefficient (Wildman–Crippen LogP) is 2.53. The third-order valence-corrected chi connectivity index (χ3v) is 3.60. The largest absolute Gasteiger partial charge is 0.366 e. The fourth-order valence-electron chi connectivity index (χ4n) is 2.42. The number of aromatic nitrogens is 1. The SMILES string of the molecule is Cn1ccc2c(C(=O)Nc3ccc(C(N)=O)cc3)cccc21. The Kier molecular flexibility index (Phi) is 3.39. The normalized spacial score (nSPS) is 10.6. The molecule has 3 aromatic rings. The number of amides is 2. The van der Waals surface area contributed by atoms with Gasteiger partial charge >= 0.3 is 0 Å². The summed E-state index contributed by atoms with van der Waals surface area (Å²) in [5.74, 6) is -0.685. The van der Waals surface area contributed by atoms with Crippen LogP contribution in [0.25, 0.3) is 10.9 Å². The van der Waals surface area contributed by atoms with Gasteiger partial charge in [0.05, 0.1) is 0 Å². The summed E-state index contributed by atoms with van der Waals surface area (Å²) < 4.78 is 1.97. The molecule has 0 aliphatic heterocycles. The van der Waals surface area contributed by atoms with Crippen LogP contribution in [0.1, 0.15) is 20.7 Å². The van der Waals surface area contributed by atoms with Crippen LogP contribution < -0.4 is 11.1 Å². The first kappa shape index (κ1) is 13.9. The average molecular weight is 293 g/mol. The lowest BCUT2D eigenvalue weighted by molar-refractivity contribution is 0.0998. The highest BCUT2D eigenvalue weighted by Gasteiger charge is 2.12. The molecule has 0 saturated carbocycles. The van der Waals surface area contributed by atoms with Crippen LogP contribution in [0.3, 0.4) is 0 Å². The third-order valence-electron chi connectivity index (χ3n) is 3.60. The van der Waals surface area contributed by atoms with Crippen molar-refractivity contribution in [3.63, 3.8) is 0 Å². The number of hydrogen-bond donors (Lipinski definition) is 2. The van der Waals surface area contributed by atoms with Crippen LogP contribution in [0.5, 0.6) is 0 Å². The van der Waals surface area contributed by atoms with Gasteiger partial charge in [-0.2, -0.15) is 0 Å². The number of anilines is 1. The van der Waals surface area contributed by atoms with Gasteiger partial charge in [0.1, 0.15) is 0 Å². The summed E-state index contributed by atoms with van der Waals surface area (Å²) in [6, 6.07) is 14.0. The topological polar surface area (TPSA) is 77.1 Å². The van der Waals surface area contributed by atoms with Gasteiger partial charge < -0.3 is 15.6 Å². The number of benzene rings is 2. The molecule has 0 saturated heterocycles. The number of nitrogens with one attached hydrogen (secondary N) is 1. The van der Waals surface area contributed by atoms with E-state index >= 15 is 0 Å². The Hall–Kier alpha value is -3.08. The summed E-state index contributed by atoms with van der Waals surface area (Å²) in [5, 5.41) is 3.72. The Labute approximate surface area is 127 Å². The van der Waals surface area contributed by atoms with E-state index in [2.05, 4.69) is 5.32 Å². The number of aryl methyl sites for hydroxylation is 1. The molecule has 5 heteroatoms. The standard InChI is InChI=1S/C17H15N3O2/c1-20-10-9-13-14(3-2-4-15(13)20)17(22)19-12-7-5-11(6-8-12)16(18)21/h2-10H,1H3,(H2,18,21)(H,19,22). The highest BCUT2D eigenvalue weighted by Crippen LogP contribution is 2.21. The molecule has 0 spiro atoms. The molecule has 0 atom stereocenters. The number of hydrogen-bond acceptors (Lipinski definition) is 2. The van der Waals surface area contributed by atoms with Gasteiger partial charge in [0, 0.05) is 41.0 Å². The maximum absolute atomic E-state index is 12.4. The Balaban J connectivity index is 1.88. The Morgan fingerprint density at radius 2 is 1.77 bits per heavy atom. The fraction of sp³-hybridized carbons (Fsp3) is 0.0588. The van der Waals surface area contributed by atoms with E-state index in [1.165, 1.54) is 0 Å². The van der Waals surface area contributed by atoms with Gasteiger partial charge in [0.2, 0.25) is 5.91 Å². The highest BCUT2D eigenvalue weighted by molar-refractivity contribution is 6.12. The molecule has 0 radical (unpaired) electrons. The first-order valence-corrected chi connectivity index (χ1v) is 6.81. The van der Waals surface area contributed by atoms with E-state index < -0.39 is 5.91 Å². The molecular formula is C17H15N3O2. The molecule has 0 aliphatic rings. The summed E-state index contributed by atoms with van der Waals surface area (Å²) in [6.07, 6.45) is 1.92. The Morgan fingerprint density at radius 3 is 2.45 bits per heavy atom. The number of fused-ring (bicyclic) bond motifs is 1. The van der Waals surface area contributed by atoms with E-state index in [0.717, 1.165) is 10.9 Å². The third kappa shape index (κ3) is 2.44. The number of nitrogens with two attached hydrogens (primary N) is 1. The van der Waals surface area contributed by atoms with Crippen molar-refractivity contribution < 1.29 is 9.59 Å². The molecule has 0 bridgehead atoms. The molecule has 3 rings (SSSR count). The van der Waals surface area contributed by atoms with Gasteiger partial charge in [-0.25, -0.2) is 0 Å². The minimum atomic E-state index is -0.494. The quantitative estimate of drug-likeness (QED) is 0.778. The van der Waals surface area contributed by atoms with Gasteiger partial charge in [-0.05, 0) is 42.5 Å². The van der Waals surface area contributed by atoms with Crippen molar-refractivity contribution in [2.24, 2.45) is 12.8 Å². The van der Waals surface area contributed by atoms with Crippen LogP contribution in [0.15, 0.2) is 54.7 Å².